The fourth-order valence-corrected chi connectivity index (χ4v) is 5.12. The van der Waals surface area contributed by atoms with Gasteiger partial charge < -0.3 is 10.1 Å². The first-order valence-electron chi connectivity index (χ1n) is 8.22. The molecule has 1 aliphatic rings. The van der Waals surface area contributed by atoms with Crippen LogP contribution in [-0.4, -0.2) is 37.4 Å². The van der Waals surface area contributed by atoms with E-state index in [1.54, 1.807) is 24.3 Å². The molecule has 26 heavy (non-hydrogen) atoms. The van der Waals surface area contributed by atoms with Crippen LogP contribution in [0.25, 0.3) is 0 Å². The van der Waals surface area contributed by atoms with Crippen molar-refractivity contribution in [3.8, 4) is 11.5 Å². The van der Waals surface area contributed by atoms with Gasteiger partial charge in [0.2, 0.25) is 0 Å². The van der Waals surface area contributed by atoms with E-state index in [1.807, 2.05) is 18.2 Å². The Kier molecular flexibility index (Phi) is 5.26. The van der Waals surface area contributed by atoms with Crippen molar-refractivity contribution in [2.24, 2.45) is 0 Å². The van der Waals surface area contributed by atoms with Crippen molar-refractivity contribution in [1.82, 2.24) is 10.8 Å². The van der Waals surface area contributed by atoms with Gasteiger partial charge in [0.1, 0.15) is 11.5 Å². The molecule has 1 saturated heterocycles. The van der Waals surface area contributed by atoms with Crippen LogP contribution in [-0.2, 0) is 14.6 Å². The average Bonchev–Trinajstić information content (AvgIpc) is 2.68. The normalized spacial score (nSPS) is 16.7. The van der Waals surface area contributed by atoms with Crippen molar-refractivity contribution >= 4 is 15.7 Å². The minimum absolute atomic E-state index is 0.0172. The standard InChI is InChI=1S/C18H20N2O5S/c21-17(20-22)18(9-11-19-12-10-18)26(23,24)16-8-4-7-15(13-16)25-14-5-2-1-3-6-14/h1-8,13,19,22H,9-12H2,(H,20,21). The first-order valence-corrected chi connectivity index (χ1v) is 9.71. The number of piperidine rings is 1. The average molecular weight is 376 g/mol. The third kappa shape index (κ3) is 3.31. The second kappa shape index (κ2) is 7.45. The van der Waals surface area contributed by atoms with Crippen molar-refractivity contribution in [2.75, 3.05) is 13.1 Å². The molecule has 3 rings (SSSR count). The molecule has 0 aliphatic carbocycles. The van der Waals surface area contributed by atoms with Crippen LogP contribution >= 0.6 is 0 Å². The Morgan fingerprint density at radius 2 is 1.69 bits per heavy atom. The van der Waals surface area contributed by atoms with Gasteiger partial charge in [-0.15, -0.1) is 0 Å². The van der Waals surface area contributed by atoms with E-state index in [1.165, 1.54) is 17.6 Å². The smallest absolute Gasteiger partial charge is 0.265 e. The lowest BCUT2D eigenvalue weighted by molar-refractivity contribution is -0.132. The summed E-state index contributed by atoms with van der Waals surface area (Å²) in [4.78, 5) is 12.3. The summed E-state index contributed by atoms with van der Waals surface area (Å²) in [6.07, 6.45) is 0.150. The first-order chi connectivity index (χ1) is 12.5. The summed E-state index contributed by atoms with van der Waals surface area (Å²) in [6, 6.07) is 15.0. The van der Waals surface area contributed by atoms with Gasteiger partial charge in [0, 0.05) is 0 Å². The molecule has 0 unspecified atom stereocenters. The van der Waals surface area contributed by atoms with Crippen molar-refractivity contribution < 1.29 is 23.2 Å². The van der Waals surface area contributed by atoms with Gasteiger partial charge in [-0.25, -0.2) is 13.9 Å². The molecule has 1 fully saturated rings. The first kappa shape index (κ1) is 18.4. The van der Waals surface area contributed by atoms with Gasteiger partial charge in [-0.3, -0.25) is 10.0 Å². The molecule has 2 aromatic carbocycles. The number of benzene rings is 2. The number of sulfone groups is 1. The van der Waals surface area contributed by atoms with Crippen LogP contribution in [0.1, 0.15) is 12.8 Å². The molecule has 0 spiro atoms. The number of ether oxygens (including phenoxy) is 1. The molecule has 8 heteroatoms. The second-order valence-electron chi connectivity index (χ2n) is 6.08. The van der Waals surface area contributed by atoms with E-state index >= 15 is 0 Å². The van der Waals surface area contributed by atoms with Crippen LogP contribution in [0, 0.1) is 0 Å². The van der Waals surface area contributed by atoms with Crippen LogP contribution in [0.2, 0.25) is 0 Å². The molecule has 1 amide bonds. The van der Waals surface area contributed by atoms with Gasteiger partial charge >= 0.3 is 0 Å². The molecule has 2 aromatic rings. The Morgan fingerprint density at radius 1 is 1.04 bits per heavy atom. The number of hydrogen-bond acceptors (Lipinski definition) is 6. The Balaban J connectivity index is 1.98. The summed E-state index contributed by atoms with van der Waals surface area (Å²) >= 11 is 0. The fourth-order valence-electron chi connectivity index (χ4n) is 3.11. The molecule has 0 atom stereocenters. The molecular formula is C18H20N2O5S. The number of carbonyl (C=O) groups is 1. The number of hydroxylamine groups is 1. The second-order valence-corrected chi connectivity index (χ2v) is 8.34. The zero-order valence-corrected chi connectivity index (χ0v) is 14.8. The van der Waals surface area contributed by atoms with Crippen molar-refractivity contribution in [3.05, 3.63) is 54.6 Å². The minimum atomic E-state index is -4.04. The summed E-state index contributed by atoms with van der Waals surface area (Å²) < 4.78 is 30.5. The van der Waals surface area contributed by atoms with E-state index in [-0.39, 0.29) is 17.7 Å². The third-order valence-corrected chi connectivity index (χ3v) is 7.03. The maximum Gasteiger partial charge on any atom is 0.265 e. The largest absolute Gasteiger partial charge is 0.457 e. The van der Waals surface area contributed by atoms with Gasteiger partial charge in [0.15, 0.2) is 14.6 Å². The van der Waals surface area contributed by atoms with Crippen molar-refractivity contribution in [3.63, 3.8) is 0 Å². The number of hydrogen-bond donors (Lipinski definition) is 3. The van der Waals surface area contributed by atoms with Gasteiger partial charge in [0.25, 0.3) is 5.91 Å². The molecule has 1 aliphatic heterocycles. The number of rotatable bonds is 5. The molecule has 0 aromatic heterocycles. The number of nitrogens with one attached hydrogen (secondary N) is 2. The maximum atomic E-state index is 13.3. The van der Waals surface area contributed by atoms with Crippen molar-refractivity contribution in [2.45, 2.75) is 22.5 Å². The lowest BCUT2D eigenvalue weighted by Crippen LogP contribution is -2.57. The van der Waals surface area contributed by atoms with Gasteiger partial charge in [-0.05, 0) is 56.3 Å². The molecular weight excluding hydrogens is 356 g/mol. The lowest BCUT2D eigenvalue weighted by atomic mass is 9.96. The Morgan fingerprint density at radius 3 is 2.35 bits per heavy atom. The van der Waals surface area contributed by atoms with Gasteiger partial charge in [0.05, 0.1) is 4.90 Å². The minimum Gasteiger partial charge on any atom is -0.457 e. The molecule has 3 N–H and O–H groups in total. The summed E-state index contributed by atoms with van der Waals surface area (Å²) in [5.74, 6) is 0.0193. The third-order valence-electron chi connectivity index (χ3n) is 4.54. The SMILES string of the molecule is O=C(NO)C1(S(=O)(=O)c2cccc(Oc3ccccc3)c2)CCNCC1. The van der Waals surface area contributed by atoms with E-state index < -0.39 is 20.5 Å². The van der Waals surface area contributed by atoms with Gasteiger partial charge in [-0.1, -0.05) is 24.3 Å². The van der Waals surface area contributed by atoms with Crippen LogP contribution in [0.5, 0.6) is 11.5 Å². The molecule has 138 valence electrons. The highest BCUT2D eigenvalue weighted by Gasteiger charge is 2.51. The zero-order valence-electron chi connectivity index (χ0n) is 14.0. The zero-order chi connectivity index (χ0) is 18.6. The highest BCUT2D eigenvalue weighted by molar-refractivity contribution is 7.93. The number of carbonyl (C=O) groups excluding carboxylic acids is 1. The number of para-hydroxylation sites is 1. The predicted octanol–water partition coefficient (Wildman–Crippen LogP) is 1.88. The molecule has 1 heterocycles. The summed E-state index contributed by atoms with van der Waals surface area (Å²) in [5.41, 5.74) is 1.53. The predicted molar refractivity (Wildman–Crippen MR) is 94.9 cm³/mol. The molecule has 7 nitrogen and oxygen atoms in total. The number of amides is 1. The van der Waals surface area contributed by atoms with E-state index in [4.69, 9.17) is 9.94 Å². The topological polar surface area (TPSA) is 105 Å². The maximum absolute atomic E-state index is 13.3. The van der Waals surface area contributed by atoms with E-state index in [0.717, 1.165) is 0 Å². The summed E-state index contributed by atoms with van der Waals surface area (Å²) in [6.45, 7) is 0.736. The Hall–Kier alpha value is -2.42. The Bertz CT molecular complexity index is 877. The van der Waals surface area contributed by atoms with E-state index in [9.17, 15) is 13.2 Å². The van der Waals surface area contributed by atoms with Crippen LogP contribution in [0.3, 0.4) is 0 Å². The van der Waals surface area contributed by atoms with Crippen molar-refractivity contribution in [1.29, 1.82) is 0 Å². The highest BCUT2D eigenvalue weighted by Crippen LogP contribution is 2.35. The van der Waals surface area contributed by atoms with Gasteiger partial charge in [-0.2, -0.15) is 0 Å². The fraction of sp³-hybridized carbons (Fsp3) is 0.278. The van der Waals surface area contributed by atoms with E-state index in [0.29, 0.717) is 24.6 Å². The molecule has 0 saturated carbocycles. The summed E-state index contributed by atoms with van der Waals surface area (Å²) in [5, 5.41) is 12.1. The molecule has 0 radical (unpaired) electrons. The summed E-state index contributed by atoms with van der Waals surface area (Å²) in [7, 11) is -4.04. The van der Waals surface area contributed by atoms with E-state index in [2.05, 4.69) is 5.32 Å². The monoisotopic (exact) mass is 376 g/mol. The van der Waals surface area contributed by atoms with Crippen LogP contribution in [0.4, 0.5) is 0 Å². The van der Waals surface area contributed by atoms with Crippen LogP contribution < -0.4 is 15.5 Å². The quantitative estimate of drug-likeness (QED) is 0.544. The Labute approximate surface area is 151 Å². The highest BCUT2D eigenvalue weighted by atomic mass is 32.2. The lowest BCUT2D eigenvalue weighted by Gasteiger charge is -2.34. The van der Waals surface area contributed by atoms with Crippen LogP contribution in [0.15, 0.2) is 59.5 Å². The molecule has 0 bridgehead atoms.